The van der Waals surface area contributed by atoms with E-state index in [-0.39, 0.29) is 11.9 Å². The van der Waals surface area contributed by atoms with E-state index >= 15 is 0 Å². The number of amides is 1. The third kappa shape index (κ3) is 3.17. The van der Waals surface area contributed by atoms with Crippen LogP contribution in [0, 0.1) is 0 Å². The summed E-state index contributed by atoms with van der Waals surface area (Å²) < 4.78 is 0. The topological polar surface area (TPSA) is 41.1 Å². The molecule has 4 rings (SSSR count). The molecule has 1 unspecified atom stereocenters. The highest BCUT2D eigenvalue weighted by Gasteiger charge is 2.31. The molecule has 0 fully saturated rings. The number of thioether (sulfide) groups is 1. The summed E-state index contributed by atoms with van der Waals surface area (Å²) in [6.07, 6.45) is 1.94. The summed E-state index contributed by atoms with van der Waals surface area (Å²) in [7, 11) is 0. The molecule has 2 heterocycles. The number of hydrogen-bond donors (Lipinski definition) is 2. The Bertz CT molecular complexity index is 923. The lowest BCUT2D eigenvalue weighted by molar-refractivity contribution is -0.117. The second-order valence-corrected chi connectivity index (χ2v) is 7.58. The lowest BCUT2D eigenvalue weighted by Gasteiger charge is -2.33. The molecule has 0 aliphatic carbocycles. The maximum atomic E-state index is 11.9. The van der Waals surface area contributed by atoms with Crippen LogP contribution in [0.1, 0.15) is 17.2 Å². The summed E-state index contributed by atoms with van der Waals surface area (Å²) >= 11 is 14.3. The van der Waals surface area contributed by atoms with Crippen LogP contribution >= 0.6 is 35.0 Å². The van der Waals surface area contributed by atoms with Crippen molar-refractivity contribution in [2.45, 2.75) is 6.04 Å². The summed E-state index contributed by atoms with van der Waals surface area (Å²) in [6, 6.07) is 15.2. The van der Waals surface area contributed by atoms with Gasteiger partial charge in [-0.1, -0.05) is 59.6 Å². The van der Waals surface area contributed by atoms with Gasteiger partial charge in [-0.05, 0) is 23.8 Å². The van der Waals surface area contributed by atoms with Gasteiger partial charge in [0.05, 0.1) is 17.5 Å². The number of carbonyl (C=O) groups excluding carboxylic acids is 1. The van der Waals surface area contributed by atoms with Crippen LogP contribution in [0.4, 0.5) is 0 Å². The van der Waals surface area contributed by atoms with Crippen LogP contribution in [0.5, 0.6) is 0 Å². The fourth-order valence-corrected chi connectivity index (χ4v) is 4.44. The molecule has 0 bridgehead atoms. The van der Waals surface area contributed by atoms with Gasteiger partial charge in [0.25, 0.3) is 0 Å². The van der Waals surface area contributed by atoms with Crippen molar-refractivity contribution in [1.82, 2.24) is 10.6 Å². The normalized spacial score (nSPS) is 19.7. The van der Waals surface area contributed by atoms with Crippen molar-refractivity contribution < 1.29 is 4.79 Å². The van der Waals surface area contributed by atoms with E-state index in [4.69, 9.17) is 23.2 Å². The number of benzene rings is 2. The van der Waals surface area contributed by atoms with E-state index in [1.807, 2.05) is 54.6 Å². The van der Waals surface area contributed by atoms with E-state index in [0.717, 1.165) is 27.4 Å². The summed E-state index contributed by atoms with van der Waals surface area (Å²) in [4.78, 5) is 12.9. The van der Waals surface area contributed by atoms with Crippen LogP contribution in [0.3, 0.4) is 0 Å². The van der Waals surface area contributed by atoms with Crippen LogP contribution in [0.2, 0.25) is 10.0 Å². The first-order valence-corrected chi connectivity index (χ1v) is 9.52. The van der Waals surface area contributed by atoms with Gasteiger partial charge in [-0.2, -0.15) is 0 Å². The Balaban J connectivity index is 1.84. The van der Waals surface area contributed by atoms with Gasteiger partial charge >= 0.3 is 0 Å². The monoisotopic (exact) mass is 388 g/mol. The largest absolute Gasteiger partial charge is 0.373 e. The molecule has 126 valence electrons. The minimum atomic E-state index is -0.134. The molecule has 0 radical (unpaired) electrons. The van der Waals surface area contributed by atoms with Crippen molar-refractivity contribution in [3.05, 3.63) is 86.4 Å². The molecular weight excluding hydrogens is 375 g/mol. The number of allylic oxidation sites excluding steroid dienone is 1. The SMILES string of the molecule is O=C1CSC2=C(C=C(c3ccccc3Cl)NC2c2ccccc2Cl)N1. The molecule has 25 heavy (non-hydrogen) atoms. The highest BCUT2D eigenvalue weighted by atomic mass is 35.5. The highest BCUT2D eigenvalue weighted by Crippen LogP contribution is 2.42. The van der Waals surface area contributed by atoms with Gasteiger partial charge in [0, 0.05) is 26.2 Å². The second kappa shape index (κ2) is 6.79. The van der Waals surface area contributed by atoms with Crippen LogP contribution in [-0.2, 0) is 4.79 Å². The first-order valence-electron chi connectivity index (χ1n) is 7.78. The third-order valence-corrected chi connectivity index (χ3v) is 5.98. The molecule has 0 aromatic heterocycles. The lowest BCUT2D eigenvalue weighted by Crippen LogP contribution is -2.36. The van der Waals surface area contributed by atoms with Gasteiger partial charge in [-0.25, -0.2) is 0 Å². The second-order valence-electron chi connectivity index (χ2n) is 5.75. The Morgan fingerprint density at radius 1 is 1.00 bits per heavy atom. The first kappa shape index (κ1) is 16.6. The quantitative estimate of drug-likeness (QED) is 0.779. The molecule has 1 atom stereocenters. The number of halogens is 2. The molecule has 3 nitrogen and oxygen atoms in total. The number of dihydropyridines is 1. The van der Waals surface area contributed by atoms with Crippen LogP contribution in [0.25, 0.3) is 5.70 Å². The van der Waals surface area contributed by atoms with Crippen molar-refractivity contribution in [2.24, 2.45) is 0 Å². The minimum Gasteiger partial charge on any atom is -0.373 e. The summed E-state index contributed by atoms with van der Waals surface area (Å²) in [5.74, 6) is 0.398. The number of hydrogen-bond acceptors (Lipinski definition) is 3. The Morgan fingerprint density at radius 2 is 1.72 bits per heavy atom. The Morgan fingerprint density at radius 3 is 2.48 bits per heavy atom. The fourth-order valence-electron chi connectivity index (χ4n) is 2.99. The molecule has 0 spiro atoms. The Hall–Kier alpha value is -1.88. The number of rotatable bonds is 2. The summed E-state index contributed by atoms with van der Waals surface area (Å²) in [5.41, 5.74) is 3.52. The molecule has 0 saturated carbocycles. The number of nitrogens with one attached hydrogen (secondary N) is 2. The first-order chi connectivity index (χ1) is 12.1. The van der Waals surface area contributed by atoms with Gasteiger partial charge in [0.2, 0.25) is 5.91 Å². The Kier molecular flexibility index (Phi) is 4.50. The Labute approximate surface area is 160 Å². The minimum absolute atomic E-state index is 0.00156. The van der Waals surface area contributed by atoms with Gasteiger partial charge in [-0.3, -0.25) is 4.79 Å². The van der Waals surface area contributed by atoms with Gasteiger partial charge in [0.1, 0.15) is 0 Å². The zero-order valence-corrected chi connectivity index (χ0v) is 15.4. The van der Waals surface area contributed by atoms with Crippen molar-refractivity contribution in [2.75, 3.05) is 5.75 Å². The van der Waals surface area contributed by atoms with E-state index in [1.165, 1.54) is 11.8 Å². The van der Waals surface area contributed by atoms with E-state index in [0.29, 0.717) is 15.8 Å². The van der Waals surface area contributed by atoms with Crippen molar-refractivity contribution in [3.63, 3.8) is 0 Å². The zero-order valence-electron chi connectivity index (χ0n) is 13.1. The average Bonchev–Trinajstić information content (AvgIpc) is 2.61. The lowest BCUT2D eigenvalue weighted by atomic mass is 9.99. The fraction of sp³-hybridized carbons (Fsp3) is 0.105. The van der Waals surface area contributed by atoms with Crippen LogP contribution < -0.4 is 10.6 Å². The molecule has 0 saturated heterocycles. The smallest absolute Gasteiger partial charge is 0.234 e. The summed E-state index contributed by atoms with van der Waals surface area (Å²) in [5, 5.41) is 7.85. The molecule has 1 amide bonds. The highest BCUT2D eigenvalue weighted by molar-refractivity contribution is 8.03. The van der Waals surface area contributed by atoms with E-state index in [1.54, 1.807) is 0 Å². The molecule has 6 heteroatoms. The molecule has 2 aliphatic rings. The maximum Gasteiger partial charge on any atom is 0.234 e. The van der Waals surface area contributed by atoms with Crippen LogP contribution in [0.15, 0.2) is 65.2 Å². The van der Waals surface area contributed by atoms with E-state index in [9.17, 15) is 4.79 Å². The maximum absolute atomic E-state index is 11.9. The van der Waals surface area contributed by atoms with Gasteiger partial charge in [-0.15, -0.1) is 11.8 Å². The van der Waals surface area contributed by atoms with Gasteiger partial charge < -0.3 is 10.6 Å². The third-order valence-electron chi connectivity index (χ3n) is 4.13. The van der Waals surface area contributed by atoms with Crippen LogP contribution in [-0.4, -0.2) is 11.7 Å². The number of carbonyl (C=O) groups is 1. The van der Waals surface area contributed by atoms with Crippen molar-refractivity contribution in [3.8, 4) is 0 Å². The van der Waals surface area contributed by atoms with Crippen molar-refractivity contribution in [1.29, 1.82) is 0 Å². The van der Waals surface area contributed by atoms with Gasteiger partial charge in [0.15, 0.2) is 0 Å². The van der Waals surface area contributed by atoms with E-state index < -0.39 is 0 Å². The average molecular weight is 389 g/mol. The van der Waals surface area contributed by atoms with E-state index in [2.05, 4.69) is 10.6 Å². The molecule has 2 N–H and O–H groups in total. The molecule has 2 aromatic carbocycles. The molecule has 2 aromatic rings. The summed E-state index contributed by atoms with van der Waals surface area (Å²) in [6.45, 7) is 0. The zero-order chi connectivity index (χ0) is 17.4. The van der Waals surface area contributed by atoms with Crippen molar-refractivity contribution >= 4 is 46.6 Å². The predicted octanol–water partition coefficient (Wildman–Crippen LogP) is 4.75. The standard InChI is InChI=1S/C19H14Cl2N2OS/c20-13-7-3-1-5-11(13)15-9-16-19(25-10-17(24)22-16)18(23-15)12-6-2-4-8-14(12)21/h1-9,18,23H,10H2,(H,22,24). The molecular formula is C19H14Cl2N2OS. The predicted molar refractivity (Wildman–Crippen MR) is 104 cm³/mol. The molecule has 2 aliphatic heterocycles.